The zero-order valence-corrected chi connectivity index (χ0v) is 7.81. The average Bonchev–Trinajstić information content (AvgIpc) is 2.41. The van der Waals surface area contributed by atoms with Gasteiger partial charge in [0.2, 0.25) is 0 Å². The lowest BCUT2D eigenvalue weighted by Gasteiger charge is -2.22. The van der Waals surface area contributed by atoms with E-state index in [9.17, 15) is 0 Å². The fraction of sp³-hybridized carbons (Fsp3) is 0.385. The van der Waals surface area contributed by atoms with Crippen LogP contribution in [0.2, 0.25) is 0 Å². The smallest absolute Gasteiger partial charge is 0.0626 e. The second-order valence-electron chi connectivity index (χ2n) is 2.67. The molecule has 0 aliphatic heterocycles. The van der Waals surface area contributed by atoms with E-state index >= 15 is 0 Å². The lowest BCUT2D eigenvalue weighted by Crippen LogP contribution is -2.31. The van der Waals surface area contributed by atoms with Gasteiger partial charge >= 0.3 is 0 Å². The van der Waals surface area contributed by atoms with Gasteiger partial charge in [0, 0.05) is 12.9 Å². The van der Waals surface area contributed by atoms with E-state index in [1.807, 2.05) is 0 Å². The van der Waals surface area contributed by atoms with Gasteiger partial charge in [-0.15, -0.1) is 6.42 Å². The van der Waals surface area contributed by atoms with Crippen LogP contribution in [-0.2, 0) is 6.37 Å². The molecule has 1 rings (SSSR count). The summed E-state index contributed by atoms with van der Waals surface area (Å²) in [5.41, 5.74) is -0.696. The monoisotopic (exact) mass is 197 g/mol. The van der Waals surface area contributed by atoms with E-state index < -0.39 is 55.0 Å². The van der Waals surface area contributed by atoms with E-state index in [4.69, 9.17) is 20.1 Å². The van der Waals surface area contributed by atoms with Gasteiger partial charge in [0.25, 0.3) is 0 Å². The maximum absolute atomic E-state index is 8.26. The highest BCUT2D eigenvalue weighted by atomic mass is 15.1. The summed E-state index contributed by atoms with van der Waals surface area (Å²) >= 11 is 0. The molecule has 0 bridgehead atoms. The minimum atomic E-state index is -2.84. The number of rotatable bonds is 4. The Labute approximate surface area is 101 Å². The fourth-order valence-corrected chi connectivity index (χ4v) is 0.804. The highest BCUT2D eigenvalue weighted by Gasteiger charge is 2.07. The number of likely N-dealkylation sites (N-methyl/N-ethyl adjacent to an activating group) is 1. The molecule has 1 aromatic carbocycles. The molecular formula is C13H17N. The van der Waals surface area contributed by atoms with Crippen molar-refractivity contribution in [3.05, 3.63) is 35.8 Å². The number of hydrogen-bond donors (Lipinski definition) is 0. The van der Waals surface area contributed by atoms with Crippen LogP contribution in [0, 0.1) is 12.3 Å². The van der Waals surface area contributed by atoms with Crippen molar-refractivity contribution in [2.24, 2.45) is 0 Å². The van der Waals surface area contributed by atoms with Crippen LogP contribution in [0.15, 0.2) is 30.2 Å². The fourth-order valence-electron chi connectivity index (χ4n) is 0.804. The van der Waals surface area contributed by atoms with Crippen molar-refractivity contribution in [3.63, 3.8) is 0 Å². The van der Waals surface area contributed by atoms with Crippen molar-refractivity contribution in [2.75, 3.05) is 13.6 Å². The first kappa shape index (κ1) is 3.40. The molecule has 0 radical (unpaired) electrons. The third-order valence-corrected chi connectivity index (χ3v) is 1.56. The highest BCUT2D eigenvalue weighted by Crippen LogP contribution is 2.06. The van der Waals surface area contributed by atoms with Crippen molar-refractivity contribution in [1.82, 2.24) is 4.90 Å². The normalized spacial score (nSPS) is 24.6. The Morgan fingerprint density at radius 3 is 2.93 bits per heavy atom. The van der Waals surface area contributed by atoms with Crippen molar-refractivity contribution >= 4 is 0 Å². The SMILES string of the molecule is [2H]c1c([2H])c([2H])c(C([2H])([2H])[C@H](N(C)CC#C)C([2H])([2H])[2H])c([2H])c1[2H]. The van der Waals surface area contributed by atoms with Crippen LogP contribution < -0.4 is 0 Å². The maximum Gasteiger partial charge on any atom is 0.0626 e. The third-order valence-electron chi connectivity index (χ3n) is 1.56. The number of benzene rings is 1. The Kier molecular flexibility index (Phi) is 1.33. The second kappa shape index (κ2) is 5.47. The first-order chi connectivity index (χ1) is 10.8. The first-order valence-corrected chi connectivity index (χ1v) is 3.99. The van der Waals surface area contributed by atoms with Gasteiger partial charge in [-0.3, -0.25) is 4.90 Å². The van der Waals surface area contributed by atoms with Crippen LogP contribution in [0.5, 0.6) is 0 Å². The third kappa shape index (κ3) is 3.24. The molecule has 74 valence electrons. The van der Waals surface area contributed by atoms with E-state index in [2.05, 4.69) is 5.92 Å². The van der Waals surface area contributed by atoms with Crippen molar-refractivity contribution < 1.29 is 13.7 Å². The summed E-state index contributed by atoms with van der Waals surface area (Å²) in [6, 6.07) is -5.45. The molecule has 0 aliphatic rings. The van der Waals surface area contributed by atoms with Crippen molar-refractivity contribution in [2.45, 2.75) is 19.3 Å². The zero-order chi connectivity index (χ0) is 19.0. The van der Waals surface area contributed by atoms with Gasteiger partial charge in [0.1, 0.15) is 0 Å². The van der Waals surface area contributed by atoms with E-state index in [0.717, 1.165) is 4.90 Å². The minimum absolute atomic E-state index is 0.179. The Balaban J connectivity index is 3.72. The second-order valence-corrected chi connectivity index (χ2v) is 2.67. The molecule has 0 N–H and O–H groups in total. The quantitative estimate of drug-likeness (QED) is 0.669. The molecule has 0 heterocycles. The van der Waals surface area contributed by atoms with Gasteiger partial charge in [0.05, 0.1) is 13.4 Å². The van der Waals surface area contributed by atoms with Gasteiger partial charge in [-0.2, -0.15) is 0 Å². The van der Waals surface area contributed by atoms with Crippen LogP contribution in [0.1, 0.15) is 26.1 Å². The maximum atomic E-state index is 8.26. The summed E-state index contributed by atoms with van der Waals surface area (Å²) in [6.07, 6.45) is 2.40. The molecule has 0 unspecified atom stereocenters. The molecule has 1 nitrogen and oxygen atoms in total. The lowest BCUT2D eigenvalue weighted by molar-refractivity contribution is 0.287. The number of terminal acetylenes is 1. The van der Waals surface area contributed by atoms with Gasteiger partial charge in [-0.1, -0.05) is 36.1 Å². The van der Waals surface area contributed by atoms with Crippen LogP contribution >= 0.6 is 0 Å². The molecule has 14 heavy (non-hydrogen) atoms. The molecule has 0 saturated heterocycles. The van der Waals surface area contributed by atoms with Gasteiger partial charge in [-0.05, 0) is 25.8 Å². The van der Waals surface area contributed by atoms with E-state index in [-0.39, 0.29) is 6.54 Å². The largest absolute Gasteiger partial charge is 0.292 e. The van der Waals surface area contributed by atoms with Crippen LogP contribution in [0.25, 0.3) is 0 Å². The average molecular weight is 197 g/mol. The summed E-state index contributed by atoms with van der Waals surface area (Å²) in [6.45, 7) is -3.01. The summed E-state index contributed by atoms with van der Waals surface area (Å²) < 4.78 is 78.0. The first-order valence-electron chi connectivity index (χ1n) is 8.99. The molecule has 0 amide bonds. The molecule has 0 spiro atoms. The minimum Gasteiger partial charge on any atom is -0.292 e. The standard InChI is InChI=1S/C13H17N/c1-4-10-14(3)12(2)11-13-8-6-5-7-9-13/h1,5-9,12H,10-11H2,2-3H3/t12-/m1/s1/i2D3,5D,6D,7D,8D,9D,11D2. The molecule has 0 fully saturated rings. The lowest BCUT2D eigenvalue weighted by atomic mass is 10.1. The van der Waals surface area contributed by atoms with Crippen LogP contribution in [0.3, 0.4) is 0 Å². The van der Waals surface area contributed by atoms with Gasteiger partial charge in [-0.25, -0.2) is 0 Å². The van der Waals surface area contributed by atoms with Crippen molar-refractivity contribution in [1.29, 1.82) is 0 Å². The van der Waals surface area contributed by atoms with E-state index in [1.54, 1.807) is 0 Å². The number of nitrogens with zero attached hydrogens (tertiary/aromatic N) is 1. The molecule has 0 aromatic heterocycles. The Hall–Kier alpha value is -1.26. The Bertz CT molecular complexity index is 644. The van der Waals surface area contributed by atoms with Crippen LogP contribution in [-0.4, -0.2) is 24.5 Å². The predicted octanol–water partition coefficient (Wildman–Crippen LogP) is 2.18. The Morgan fingerprint density at radius 1 is 1.64 bits per heavy atom. The molecule has 1 atom stereocenters. The van der Waals surface area contributed by atoms with Crippen LogP contribution in [0.4, 0.5) is 0 Å². The Morgan fingerprint density at radius 2 is 2.36 bits per heavy atom. The summed E-state index contributed by atoms with van der Waals surface area (Å²) in [5.74, 6) is 2.22. The highest BCUT2D eigenvalue weighted by molar-refractivity contribution is 5.15. The van der Waals surface area contributed by atoms with E-state index in [0.29, 0.717) is 0 Å². The number of hydrogen-bond acceptors (Lipinski definition) is 1. The van der Waals surface area contributed by atoms with Crippen molar-refractivity contribution in [3.8, 4) is 12.3 Å². The van der Waals surface area contributed by atoms with Gasteiger partial charge in [0.15, 0.2) is 0 Å². The molecule has 1 aromatic rings. The van der Waals surface area contributed by atoms with E-state index in [1.165, 1.54) is 7.05 Å². The van der Waals surface area contributed by atoms with Gasteiger partial charge < -0.3 is 0 Å². The predicted molar refractivity (Wildman–Crippen MR) is 61.1 cm³/mol. The summed E-state index contributed by atoms with van der Waals surface area (Å²) in [4.78, 5) is 1.08. The molecule has 0 saturated carbocycles. The summed E-state index contributed by atoms with van der Waals surface area (Å²) in [5, 5.41) is 0. The molecular weight excluding hydrogens is 170 g/mol. The molecule has 0 aliphatic carbocycles. The summed E-state index contributed by atoms with van der Waals surface area (Å²) in [7, 11) is 1.31. The molecule has 1 heteroatoms. The topological polar surface area (TPSA) is 3.24 Å². The zero-order valence-electron chi connectivity index (χ0n) is 17.8.